The fraction of sp³-hybridized carbons (Fsp3) is 0.150. The number of aryl methyl sites for hydroxylation is 1. The predicted molar refractivity (Wildman–Crippen MR) is 97.8 cm³/mol. The van der Waals surface area contributed by atoms with Gasteiger partial charge in [0.05, 0.1) is 5.69 Å². The van der Waals surface area contributed by atoms with Gasteiger partial charge in [-0.1, -0.05) is 12.1 Å². The second kappa shape index (κ2) is 7.23. The van der Waals surface area contributed by atoms with Gasteiger partial charge in [0.25, 0.3) is 5.91 Å². The van der Waals surface area contributed by atoms with Gasteiger partial charge in [-0.3, -0.25) is 9.59 Å². The highest BCUT2D eigenvalue weighted by molar-refractivity contribution is 6.03. The van der Waals surface area contributed by atoms with Crippen molar-refractivity contribution in [3.63, 3.8) is 0 Å². The molecule has 1 aromatic heterocycles. The minimum Gasteiger partial charge on any atom is -0.484 e. The standard InChI is InChI=1S/C20H17NO5/c1-12-9-20(24)26-18-10-14(7-8-15(12)18)25-11-19(23)21-17-6-4-3-5-16(17)13(2)22/h3-10H,11H2,1-2H3,(H,21,23). The summed E-state index contributed by atoms with van der Waals surface area (Å²) in [6.45, 7) is 3.01. The fourth-order valence-corrected chi connectivity index (χ4v) is 2.63. The zero-order chi connectivity index (χ0) is 18.7. The number of hydrogen-bond donors (Lipinski definition) is 1. The second-order valence-electron chi connectivity index (χ2n) is 5.85. The molecule has 0 radical (unpaired) electrons. The number of amides is 1. The van der Waals surface area contributed by atoms with Crippen LogP contribution in [0.4, 0.5) is 5.69 Å². The summed E-state index contributed by atoms with van der Waals surface area (Å²) in [5.41, 5.74) is 1.64. The van der Waals surface area contributed by atoms with Crippen LogP contribution in [0.5, 0.6) is 5.75 Å². The zero-order valence-corrected chi connectivity index (χ0v) is 14.4. The minimum atomic E-state index is -0.439. The van der Waals surface area contributed by atoms with Gasteiger partial charge in [0.2, 0.25) is 0 Å². The van der Waals surface area contributed by atoms with Crippen LogP contribution < -0.4 is 15.7 Å². The molecule has 0 aliphatic carbocycles. The van der Waals surface area contributed by atoms with Crippen molar-refractivity contribution in [1.29, 1.82) is 0 Å². The number of anilines is 1. The minimum absolute atomic E-state index is 0.137. The molecule has 0 unspecified atom stereocenters. The molecule has 2 aromatic carbocycles. The fourth-order valence-electron chi connectivity index (χ4n) is 2.63. The molecule has 6 heteroatoms. The SMILES string of the molecule is CC(=O)c1ccccc1NC(=O)COc1ccc2c(C)cc(=O)oc2c1. The van der Waals surface area contributed by atoms with Crippen LogP contribution in [0.25, 0.3) is 11.0 Å². The average Bonchev–Trinajstić information content (AvgIpc) is 2.59. The summed E-state index contributed by atoms with van der Waals surface area (Å²) in [4.78, 5) is 35.2. The molecule has 0 aliphatic heterocycles. The van der Waals surface area contributed by atoms with Gasteiger partial charge in [0, 0.05) is 23.1 Å². The van der Waals surface area contributed by atoms with Crippen molar-refractivity contribution < 1.29 is 18.7 Å². The van der Waals surface area contributed by atoms with E-state index in [1.165, 1.54) is 13.0 Å². The van der Waals surface area contributed by atoms with Gasteiger partial charge in [-0.25, -0.2) is 4.79 Å². The number of carbonyl (C=O) groups is 2. The van der Waals surface area contributed by atoms with Gasteiger partial charge in [-0.15, -0.1) is 0 Å². The number of carbonyl (C=O) groups excluding carboxylic acids is 2. The maximum atomic E-state index is 12.1. The Morgan fingerprint density at radius 1 is 1.12 bits per heavy atom. The van der Waals surface area contributed by atoms with E-state index in [-0.39, 0.29) is 12.4 Å². The van der Waals surface area contributed by atoms with Crippen LogP contribution >= 0.6 is 0 Å². The normalized spacial score (nSPS) is 10.5. The molecular formula is C20H17NO5. The van der Waals surface area contributed by atoms with Gasteiger partial charge in [-0.2, -0.15) is 0 Å². The third kappa shape index (κ3) is 3.80. The molecule has 132 valence electrons. The van der Waals surface area contributed by atoms with Crippen molar-refractivity contribution in [2.75, 3.05) is 11.9 Å². The lowest BCUT2D eigenvalue weighted by Crippen LogP contribution is -2.21. The van der Waals surface area contributed by atoms with Crippen molar-refractivity contribution in [1.82, 2.24) is 0 Å². The Bertz CT molecular complexity index is 1050. The second-order valence-corrected chi connectivity index (χ2v) is 5.85. The van der Waals surface area contributed by atoms with Crippen LogP contribution in [-0.2, 0) is 4.79 Å². The van der Waals surface area contributed by atoms with Gasteiger partial charge >= 0.3 is 5.63 Å². The Hall–Kier alpha value is -3.41. The van der Waals surface area contributed by atoms with Gasteiger partial charge < -0.3 is 14.5 Å². The Labute approximate surface area is 149 Å². The summed E-state index contributed by atoms with van der Waals surface area (Å²) >= 11 is 0. The Morgan fingerprint density at radius 3 is 2.65 bits per heavy atom. The Balaban J connectivity index is 1.71. The monoisotopic (exact) mass is 351 g/mol. The molecule has 3 aromatic rings. The number of ketones is 1. The number of para-hydroxylation sites is 1. The molecular weight excluding hydrogens is 334 g/mol. The van der Waals surface area contributed by atoms with Crippen LogP contribution in [-0.4, -0.2) is 18.3 Å². The molecule has 1 N–H and O–H groups in total. The summed E-state index contributed by atoms with van der Waals surface area (Å²) in [6.07, 6.45) is 0. The van der Waals surface area contributed by atoms with E-state index in [0.29, 0.717) is 22.6 Å². The number of nitrogens with one attached hydrogen (secondary N) is 1. The molecule has 0 saturated carbocycles. The molecule has 0 fully saturated rings. The smallest absolute Gasteiger partial charge is 0.336 e. The molecule has 0 bridgehead atoms. The number of rotatable bonds is 5. The molecule has 1 amide bonds. The topological polar surface area (TPSA) is 85.6 Å². The molecule has 26 heavy (non-hydrogen) atoms. The van der Waals surface area contributed by atoms with Crippen molar-refractivity contribution in [2.45, 2.75) is 13.8 Å². The zero-order valence-electron chi connectivity index (χ0n) is 14.4. The lowest BCUT2D eigenvalue weighted by Gasteiger charge is -2.10. The van der Waals surface area contributed by atoms with Crippen LogP contribution in [0.15, 0.2) is 57.7 Å². The first-order valence-electron chi connectivity index (χ1n) is 8.01. The highest BCUT2D eigenvalue weighted by atomic mass is 16.5. The number of fused-ring (bicyclic) bond motifs is 1. The number of hydrogen-bond acceptors (Lipinski definition) is 5. The lowest BCUT2D eigenvalue weighted by molar-refractivity contribution is -0.118. The van der Waals surface area contributed by atoms with E-state index in [4.69, 9.17) is 9.15 Å². The van der Waals surface area contributed by atoms with Crippen molar-refractivity contribution in [3.05, 3.63) is 70.1 Å². The number of Topliss-reactive ketones (excluding diaryl/α,β-unsaturated/α-hetero) is 1. The van der Waals surface area contributed by atoms with E-state index < -0.39 is 11.5 Å². The maximum Gasteiger partial charge on any atom is 0.336 e. The first-order chi connectivity index (χ1) is 12.4. The van der Waals surface area contributed by atoms with Crippen LogP contribution in [0, 0.1) is 6.92 Å². The molecule has 1 heterocycles. The van der Waals surface area contributed by atoms with Crippen LogP contribution in [0.3, 0.4) is 0 Å². The quantitative estimate of drug-likeness (QED) is 0.563. The van der Waals surface area contributed by atoms with Gasteiger partial charge in [0.15, 0.2) is 12.4 Å². The first-order valence-corrected chi connectivity index (χ1v) is 8.01. The Morgan fingerprint density at radius 2 is 1.88 bits per heavy atom. The van der Waals surface area contributed by atoms with E-state index in [1.807, 2.05) is 6.92 Å². The highest BCUT2D eigenvalue weighted by Gasteiger charge is 2.11. The summed E-state index contributed by atoms with van der Waals surface area (Å²) in [6, 6.07) is 13.2. The van der Waals surface area contributed by atoms with Crippen molar-refractivity contribution >= 4 is 28.3 Å². The first kappa shape index (κ1) is 17.4. The average molecular weight is 351 g/mol. The third-order valence-electron chi connectivity index (χ3n) is 3.87. The number of benzene rings is 2. The van der Waals surface area contributed by atoms with Crippen LogP contribution in [0.1, 0.15) is 22.8 Å². The largest absolute Gasteiger partial charge is 0.484 e. The van der Waals surface area contributed by atoms with E-state index in [0.717, 1.165) is 10.9 Å². The maximum absolute atomic E-state index is 12.1. The molecule has 0 aliphatic rings. The van der Waals surface area contributed by atoms with E-state index in [1.54, 1.807) is 42.5 Å². The van der Waals surface area contributed by atoms with E-state index >= 15 is 0 Å². The van der Waals surface area contributed by atoms with Crippen molar-refractivity contribution in [2.24, 2.45) is 0 Å². The molecule has 0 saturated heterocycles. The molecule has 6 nitrogen and oxygen atoms in total. The van der Waals surface area contributed by atoms with E-state index in [9.17, 15) is 14.4 Å². The highest BCUT2D eigenvalue weighted by Crippen LogP contribution is 2.22. The summed E-state index contributed by atoms with van der Waals surface area (Å²) in [5, 5.41) is 3.46. The van der Waals surface area contributed by atoms with Crippen molar-refractivity contribution in [3.8, 4) is 5.75 Å². The van der Waals surface area contributed by atoms with Crippen LogP contribution in [0.2, 0.25) is 0 Å². The number of ether oxygens (including phenoxy) is 1. The third-order valence-corrected chi connectivity index (χ3v) is 3.87. The van der Waals surface area contributed by atoms with Gasteiger partial charge in [-0.05, 0) is 43.7 Å². The lowest BCUT2D eigenvalue weighted by atomic mass is 10.1. The summed E-state index contributed by atoms with van der Waals surface area (Å²) in [5.74, 6) is -0.132. The molecule has 0 atom stereocenters. The van der Waals surface area contributed by atoms with E-state index in [2.05, 4.69) is 5.32 Å². The summed E-state index contributed by atoms with van der Waals surface area (Å²) < 4.78 is 10.6. The predicted octanol–water partition coefficient (Wildman–Crippen LogP) is 3.32. The molecule has 0 spiro atoms. The Kier molecular flexibility index (Phi) is 4.84. The summed E-state index contributed by atoms with van der Waals surface area (Å²) in [7, 11) is 0. The van der Waals surface area contributed by atoms with Gasteiger partial charge in [0.1, 0.15) is 11.3 Å². The molecule has 3 rings (SSSR count).